The molecule has 2 aromatic carbocycles. The molecule has 30 heavy (non-hydrogen) atoms. The molecule has 0 spiro atoms. The predicted octanol–water partition coefficient (Wildman–Crippen LogP) is 4.04. The predicted molar refractivity (Wildman–Crippen MR) is 114 cm³/mol. The molecular formula is C21H19FN6O2. The molecular weight excluding hydrogens is 387 g/mol. The van der Waals surface area contributed by atoms with Crippen molar-refractivity contribution < 1.29 is 13.9 Å². The molecule has 1 amide bonds. The van der Waals surface area contributed by atoms with Crippen molar-refractivity contribution in [2.45, 2.75) is 13.3 Å². The minimum Gasteiger partial charge on any atom is -0.452 e. The number of anilines is 1. The largest absolute Gasteiger partial charge is 0.452 e. The Morgan fingerprint density at radius 2 is 1.97 bits per heavy atom. The Morgan fingerprint density at radius 3 is 2.63 bits per heavy atom. The van der Waals surface area contributed by atoms with Crippen LogP contribution in [0.4, 0.5) is 21.0 Å². The van der Waals surface area contributed by atoms with Crippen LogP contribution in [0.3, 0.4) is 0 Å². The van der Waals surface area contributed by atoms with E-state index < -0.39 is 6.09 Å². The average Bonchev–Trinajstić information content (AvgIpc) is 3.17. The summed E-state index contributed by atoms with van der Waals surface area (Å²) in [5.74, 6) is 0.840. The van der Waals surface area contributed by atoms with E-state index in [4.69, 9.17) is 4.74 Å². The molecule has 1 aliphatic rings. The monoisotopic (exact) mass is 406 g/mol. The number of hydrogen-bond acceptors (Lipinski definition) is 6. The highest BCUT2D eigenvalue weighted by Gasteiger charge is 2.20. The van der Waals surface area contributed by atoms with Crippen molar-refractivity contribution in [2.24, 2.45) is 10.1 Å². The molecule has 0 unspecified atom stereocenters. The number of nitrogens with one attached hydrogen (secondary N) is 1. The summed E-state index contributed by atoms with van der Waals surface area (Å²) in [6.07, 6.45) is -0.0346. The summed E-state index contributed by atoms with van der Waals surface area (Å²) in [6.45, 7) is 1.90. The fourth-order valence-corrected chi connectivity index (χ4v) is 3.14. The van der Waals surface area contributed by atoms with Crippen molar-refractivity contribution >= 4 is 40.3 Å². The molecule has 0 saturated heterocycles. The molecule has 1 aromatic heterocycles. The van der Waals surface area contributed by atoms with Gasteiger partial charge in [-0.2, -0.15) is 10.1 Å². The number of ether oxygens (including phenoxy) is 1. The van der Waals surface area contributed by atoms with Crippen molar-refractivity contribution in [2.75, 3.05) is 19.1 Å². The Labute approximate surface area is 172 Å². The van der Waals surface area contributed by atoms with Gasteiger partial charge in [-0.3, -0.25) is 5.43 Å². The summed E-state index contributed by atoms with van der Waals surface area (Å²) in [4.78, 5) is 26.9. The number of nitrogens with zero attached hydrogens (tertiary/aromatic N) is 5. The van der Waals surface area contributed by atoms with Gasteiger partial charge in [-0.05, 0) is 36.2 Å². The lowest BCUT2D eigenvalue weighted by molar-refractivity contribution is 0.180. The molecule has 8 nitrogen and oxygen atoms in total. The Balaban J connectivity index is 1.95. The van der Waals surface area contributed by atoms with E-state index in [1.54, 1.807) is 12.1 Å². The zero-order valence-corrected chi connectivity index (χ0v) is 16.7. The molecule has 0 saturated carbocycles. The number of benzene rings is 2. The van der Waals surface area contributed by atoms with Crippen LogP contribution in [0.5, 0.6) is 0 Å². The minimum atomic E-state index is -0.596. The Morgan fingerprint density at radius 1 is 1.20 bits per heavy atom. The van der Waals surface area contributed by atoms with Gasteiger partial charge in [-0.25, -0.2) is 24.1 Å². The van der Waals surface area contributed by atoms with Crippen molar-refractivity contribution in [1.29, 1.82) is 0 Å². The molecule has 0 aliphatic carbocycles. The van der Waals surface area contributed by atoms with E-state index >= 15 is 0 Å². The topological polar surface area (TPSA) is 92.1 Å². The van der Waals surface area contributed by atoms with E-state index in [-0.39, 0.29) is 11.8 Å². The number of aromatic nitrogens is 2. The van der Waals surface area contributed by atoms with Gasteiger partial charge in [0.2, 0.25) is 5.95 Å². The average molecular weight is 406 g/mol. The Bertz CT molecular complexity index is 1190. The second-order valence-electron chi connectivity index (χ2n) is 6.78. The summed E-state index contributed by atoms with van der Waals surface area (Å²) < 4.78 is 18.2. The first-order valence-electron chi connectivity index (χ1n) is 9.21. The molecule has 0 atom stereocenters. The smallest absolute Gasteiger partial charge is 0.416 e. The first-order chi connectivity index (χ1) is 14.5. The lowest BCUT2D eigenvalue weighted by Crippen LogP contribution is -2.27. The number of carbonyl (C=O) groups excluding carboxylic acids is 1. The van der Waals surface area contributed by atoms with Gasteiger partial charge in [0.15, 0.2) is 5.82 Å². The summed E-state index contributed by atoms with van der Waals surface area (Å²) in [6, 6.07) is 11.7. The van der Waals surface area contributed by atoms with E-state index in [1.807, 2.05) is 25.1 Å². The second-order valence-corrected chi connectivity index (χ2v) is 6.78. The summed E-state index contributed by atoms with van der Waals surface area (Å²) in [5, 5.41) is 4.83. The van der Waals surface area contributed by atoms with Crippen LogP contribution in [0.2, 0.25) is 0 Å². The van der Waals surface area contributed by atoms with Crippen LogP contribution < -0.4 is 10.3 Å². The number of hydrazone groups is 1. The van der Waals surface area contributed by atoms with Crippen LogP contribution in [0.25, 0.3) is 22.0 Å². The van der Waals surface area contributed by atoms with Gasteiger partial charge in [-0.1, -0.05) is 24.3 Å². The van der Waals surface area contributed by atoms with Gasteiger partial charge in [0.25, 0.3) is 0 Å². The number of carbonyl (C=O) groups is 1. The third kappa shape index (κ3) is 3.69. The molecule has 9 heteroatoms. The van der Waals surface area contributed by atoms with Gasteiger partial charge < -0.3 is 4.74 Å². The number of halogens is 1. The number of rotatable bonds is 3. The number of aliphatic imine (C=N–C) groups is 1. The molecule has 1 aliphatic heterocycles. The maximum atomic E-state index is 13.4. The van der Waals surface area contributed by atoms with Crippen LogP contribution in [0, 0.1) is 5.82 Å². The van der Waals surface area contributed by atoms with Crippen LogP contribution in [-0.2, 0) is 4.74 Å². The quantitative estimate of drug-likeness (QED) is 0.709. The number of amides is 1. The molecule has 0 radical (unpaired) electrons. The summed E-state index contributed by atoms with van der Waals surface area (Å²) in [7, 11) is 2.81. The lowest BCUT2D eigenvalue weighted by atomic mass is 10.0. The third-order valence-corrected chi connectivity index (χ3v) is 4.64. The number of hydrogen-bond donors (Lipinski definition) is 1. The maximum absolute atomic E-state index is 13.4. The standard InChI is InChI=1S/C21H19FN6O2/c1-12-11-17(27-26-12)24-19-18-15(13-7-9-14(22)10-8-13)5-4-6-16(18)23-20(25-19)28(2)21(29)30-3/h4-10H,11H2,1-3H3,(H,23,24,25,27). The molecule has 0 bridgehead atoms. The molecule has 2 heterocycles. The fourth-order valence-electron chi connectivity index (χ4n) is 3.14. The van der Waals surface area contributed by atoms with Gasteiger partial charge in [0.05, 0.1) is 18.0 Å². The van der Waals surface area contributed by atoms with E-state index in [2.05, 4.69) is 25.5 Å². The Kier molecular flexibility index (Phi) is 5.09. The lowest BCUT2D eigenvalue weighted by Gasteiger charge is -2.16. The van der Waals surface area contributed by atoms with Crippen molar-refractivity contribution in [3.63, 3.8) is 0 Å². The van der Waals surface area contributed by atoms with Crippen molar-refractivity contribution in [3.05, 3.63) is 48.3 Å². The summed E-state index contributed by atoms with van der Waals surface area (Å²) >= 11 is 0. The highest BCUT2D eigenvalue weighted by molar-refractivity contribution is 6.09. The second kappa shape index (κ2) is 7.86. The van der Waals surface area contributed by atoms with E-state index in [9.17, 15) is 9.18 Å². The molecule has 3 aromatic rings. The van der Waals surface area contributed by atoms with Crippen molar-refractivity contribution in [3.8, 4) is 11.1 Å². The van der Waals surface area contributed by atoms with Crippen LogP contribution in [-0.4, -0.2) is 41.8 Å². The number of amidine groups is 1. The summed E-state index contributed by atoms with van der Waals surface area (Å²) in [5.41, 5.74) is 5.98. The fraction of sp³-hybridized carbons (Fsp3) is 0.190. The van der Waals surface area contributed by atoms with Crippen molar-refractivity contribution in [1.82, 2.24) is 15.4 Å². The Hall–Kier alpha value is -3.88. The first kappa shape index (κ1) is 19.4. The van der Waals surface area contributed by atoms with Gasteiger partial charge in [0, 0.05) is 19.2 Å². The molecule has 4 rings (SSSR count). The third-order valence-electron chi connectivity index (χ3n) is 4.64. The van der Waals surface area contributed by atoms with Gasteiger partial charge in [-0.15, -0.1) is 0 Å². The molecule has 0 fully saturated rings. The normalized spacial score (nSPS) is 14.5. The number of methoxy groups -OCH3 is 1. The maximum Gasteiger partial charge on any atom is 0.416 e. The highest BCUT2D eigenvalue weighted by atomic mass is 19.1. The highest BCUT2D eigenvalue weighted by Crippen LogP contribution is 2.35. The van der Waals surface area contributed by atoms with Gasteiger partial charge >= 0.3 is 6.09 Å². The van der Waals surface area contributed by atoms with Crippen LogP contribution in [0.15, 0.2) is 52.6 Å². The number of fused-ring (bicyclic) bond motifs is 1. The van der Waals surface area contributed by atoms with Gasteiger partial charge in [0.1, 0.15) is 11.7 Å². The minimum absolute atomic E-state index is 0.153. The molecule has 1 N–H and O–H groups in total. The van der Waals surface area contributed by atoms with E-state index in [0.717, 1.165) is 16.8 Å². The van der Waals surface area contributed by atoms with E-state index in [1.165, 1.54) is 31.2 Å². The zero-order valence-electron chi connectivity index (χ0n) is 16.7. The van der Waals surface area contributed by atoms with Crippen LogP contribution >= 0.6 is 0 Å². The zero-order chi connectivity index (χ0) is 21.3. The van der Waals surface area contributed by atoms with Crippen LogP contribution in [0.1, 0.15) is 13.3 Å². The van der Waals surface area contributed by atoms with E-state index in [0.29, 0.717) is 29.0 Å². The SMILES string of the molecule is COC(=O)N(C)c1nc(N=C2CC(C)=NN2)c2c(-c3ccc(F)cc3)cccc2n1. The first-order valence-corrected chi connectivity index (χ1v) is 9.21. The molecule has 152 valence electrons.